The normalized spacial score (nSPS) is 10.3. The lowest BCUT2D eigenvalue weighted by molar-refractivity contribution is 0.255. The lowest BCUT2D eigenvalue weighted by Gasteiger charge is -2.23. The predicted octanol–water partition coefficient (Wildman–Crippen LogP) is 4.39. The maximum absolute atomic E-state index is 12.0. The number of benzene rings is 2. The highest BCUT2D eigenvalue weighted by Gasteiger charge is 2.19. The van der Waals surface area contributed by atoms with Crippen LogP contribution >= 0.6 is 0 Å². The molecule has 0 saturated heterocycles. The van der Waals surface area contributed by atoms with Gasteiger partial charge in [0.1, 0.15) is 5.75 Å². The van der Waals surface area contributed by atoms with E-state index in [0.29, 0.717) is 18.0 Å². The number of para-hydroxylation sites is 1. The topological polar surface area (TPSA) is 55.6 Å². The highest BCUT2D eigenvalue weighted by molar-refractivity contribution is 5.99. The quantitative estimate of drug-likeness (QED) is 0.804. The van der Waals surface area contributed by atoms with Crippen LogP contribution in [0.4, 0.5) is 16.2 Å². The number of nitrogens with zero attached hydrogens (tertiary/aromatic N) is 1. The fraction of sp³-hybridized carbons (Fsp3) is 0.278. The fourth-order valence-corrected chi connectivity index (χ4v) is 2.21. The molecule has 2 amide bonds. The minimum Gasteiger partial charge on any atom is -0.491 e. The van der Waals surface area contributed by atoms with Crippen LogP contribution in [0, 0.1) is 6.92 Å². The number of carbonyl (C=O) groups excluding carboxylic acids is 1. The molecule has 0 aliphatic carbocycles. The lowest BCUT2D eigenvalue weighted by atomic mass is 10.1. The second-order valence-corrected chi connectivity index (χ2v) is 5.18. The summed E-state index contributed by atoms with van der Waals surface area (Å²) in [4.78, 5) is 13.4. The summed E-state index contributed by atoms with van der Waals surface area (Å²) in [6.07, 6.45) is 2.02. The molecule has 2 aromatic rings. The molecule has 2 N–H and O–H groups in total. The minimum absolute atomic E-state index is 0.532. The molecule has 0 spiro atoms. The molecule has 2 aromatic carbocycles. The molecule has 0 heterocycles. The summed E-state index contributed by atoms with van der Waals surface area (Å²) in [5.41, 5.74) is 8.06. The number of hydrogen-bond acceptors (Lipinski definition) is 2. The zero-order chi connectivity index (χ0) is 15.9. The summed E-state index contributed by atoms with van der Waals surface area (Å²) < 4.78 is 5.86. The summed E-state index contributed by atoms with van der Waals surface area (Å²) in [6, 6.07) is 14.6. The molecule has 0 aliphatic rings. The molecule has 0 aliphatic heterocycles. The first-order valence-corrected chi connectivity index (χ1v) is 7.51. The first-order chi connectivity index (χ1) is 10.6. The zero-order valence-corrected chi connectivity index (χ0v) is 13.1. The van der Waals surface area contributed by atoms with Crippen molar-refractivity contribution in [2.45, 2.75) is 26.7 Å². The van der Waals surface area contributed by atoms with Crippen LogP contribution in [0.1, 0.15) is 25.3 Å². The van der Waals surface area contributed by atoms with Gasteiger partial charge in [-0.3, -0.25) is 4.90 Å². The van der Waals surface area contributed by atoms with Gasteiger partial charge in [-0.15, -0.1) is 0 Å². The molecule has 0 saturated carbocycles. The Bertz CT molecular complexity index is 626. The van der Waals surface area contributed by atoms with Gasteiger partial charge in [0.15, 0.2) is 0 Å². The van der Waals surface area contributed by atoms with E-state index < -0.39 is 6.03 Å². The molecule has 116 valence electrons. The molecule has 22 heavy (non-hydrogen) atoms. The molecule has 4 heteroatoms. The van der Waals surface area contributed by atoms with Gasteiger partial charge in [-0.05, 0) is 43.2 Å². The zero-order valence-electron chi connectivity index (χ0n) is 13.1. The standard InChI is InChI=1S/C18H22N2O2/c1-3-4-12-22-17-13-14(2)10-11-16(17)20(18(19)21)15-8-6-5-7-9-15/h5-11,13H,3-4,12H2,1-2H3,(H2,19,21). The smallest absolute Gasteiger partial charge is 0.324 e. The number of amides is 2. The van der Waals surface area contributed by atoms with Crippen LogP contribution in [0.15, 0.2) is 48.5 Å². The summed E-state index contributed by atoms with van der Waals surface area (Å²) in [5.74, 6) is 0.677. The number of ether oxygens (including phenoxy) is 1. The van der Waals surface area contributed by atoms with E-state index in [0.717, 1.165) is 24.1 Å². The van der Waals surface area contributed by atoms with Gasteiger partial charge < -0.3 is 10.5 Å². The second-order valence-electron chi connectivity index (χ2n) is 5.18. The first-order valence-electron chi connectivity index (χ1n) is 7.51. The first kappa shape index (κ1) is 15.9. The number of hydrogen-bond donors (Lipinski definition) is 1. The van der Waals surface area contributed by atoms with Crippen LogP contribution in [-0.4, -0.2) is 12.6 Å². The summed E-state index contributed by atoms with van der Waals surface area (Å²) in [5, 5.41) is 0. The Balaban J connectivity index is 2.41. The molecule has 0 bridgehead atoms. The van der Waals surface area contributed by atoms with Crippen LogP contribution in [0.25, 0.3) is 0 Å². The van der Waals surface area contributed by atoms with Gasteiger partial charge in [-0.1, -0.05) is 37.6 Å². The van der Waals surface area contributed by atoms with Gasteiger partial charge in [0, 0.05) is 0 Å². The summed E-state index contributed by atoms with van der Waals surface area (Å²) >= 11 is 0. The van der Waals surface area contributed by atoms with Gasteiger partial charge in [-0.25, -0.2) is 4.79 Å². The van der Waals surface area contributed by atoms with Crippen molar-refractivity contribution in [1.82, 2.24) is 0 Å². The van der Waals surface area contributed by atoms with E-state index in [4.69, 9.17) is 10.5 Å². The van der Waals surface area contributed by atoms with Crippen LogP contribution in [-0.2, 0) is 0 Å². The molecule has 0 radical (unpaired) electrons. The van der Waals surface area contributed by atoms with E-state index >= 15 is 0 Å². The largest absolute Gasteiger partial charge is 0.491 e. The van der Waals surface area contributed by atoms with Crippen LogP contribution in [0.5, 0.6) is 5.75 Å². The van der Waals surface area contributed by atoms with Crippen LogP contribution in [0.2, 0.25) is 0 Å². The van der Waals surface area contributed by atoms with Crippen molar-refractivity contribution in [3.63, 3.8) is 0 Å². The van der Waals surface area contributed by atoms with Crippen LogP contribution < -0.4 is 15.4 Å². The predicted molar refractivity (Wildman–Crippen MR) is 89.7 cm³/mol. The molecule has 4 nitrogen and oxygen atoms in total. The molecule has 0 fully saturated rings. The van der Waals surface area contributed by atoms with Crippen LogP contribution in [0.3, 0.4) is 0 Å². The van der Waals surface area contributed by atoms with E-state index in [1.807, 2.05) is 55.5 Å². The Morgan fingerprint density at radius 1 is 1.18 bits per heavy atom. The lowest BCUT2D eigenvalue weighted by Crippen LogP contribution is -2.31. The Morgan fingerprint density at radius 3 is 2.55 bits per heavy atom. The van der Waals surface area contributed by atoms with Crippen molar-refractivity contribution in [1.29, 1.82) is 0 Å². The van der Waals surface area contributed by atoms with E-state index in [1.54, 1.807) is 0 Å². The average Bonchev–Trinajstić information content (AvgIpc) is 2.50. The van der Waals surface area contributed by atoms with E-state index in [1.165, 1.54) is 4.90 Å². The van der Waals surface area contributed by atoms with Gasteiger partial charge in [0.25, 0.3) is 0 Å². The monoisotopic (exact) mass is 298 g/mol. The van der Waals surface area contributed by atoms with Crippen molar-refractivity contribution in [3.05, 3.63) is 54.1 Å². The Kier molecular flexibility index (Phi) is 5.42. The third-order valence-corrected chi connectivity index (χ3v) is 3.35. The second kappa shape index (κ2) is 7.50. The number of carbonyl (C=O) groups is 1. The Morgan fingerprint density at radius 2 is 1.91 bits per heavy atom. The minimum atomic E-state index is -0.532. The number of rotatable bonds is 6. The summed E-state index contributed by atoms with van der Waals surface area (Å²) in [6.45, 7) is 4.72. The highest BCUT2D eigenvalue weighted by Crippen LogP contribution is 2.34. The third-order valence-electron chi connectivity index (χ3n) is 3.35. The number of unbranched alkanes of at least 4 members (excludes halogenated alkanes) is 1. The highest BCUT2D eigenvalue weighted by atomic mass is 16.5. The molecule has 0 atom stereocenters. The number of anilines is 2. The number of urea groups is 1. The maximum Gasteiger partial charge on any atom is 0.324 e. The molecule has 2 rings (SSSR count). The van der Waals surface area contributed by atoms with Crippen molar-refractivity contribution in [2.75, 3.05) is 11.5 Å². The Hall–Kier alpha value is -2.49. The van der Waals surface area contributed by atoms with Gasteiger partial charge in [0.05, 0.1) is 18.0 Å². The molecular weight excluding hydrogens is 276 g/mol. The number of primary amides is 1. The van der Waals surface area contributed by atoms with E-state index in [9.17, 15) is 4.79 Å². The molecular formula is C18H22N2O2. The molecule has 0 unspecified atom stereocenters. The molecule has 0 aromatic heterocycles. The van der Waals surface area contributed by atoms with Gasteiger partial charge in [-0.2, -0.15) is 0 Å². The van der Waals surface area contributed by atoms with E-state index in [-0.39, 0.29) is 0 Å². The average molecular weight is 298 g/mol. The van der Waals surface area contributed by atoms with Crippen molar-refractivity contribution >= 4 is 17.4 Å². The van der Waals surface area contributed by atoms with Crippen molar-refractivity contribution in [3.8, 4) is 5.75 Å². The van der Waals surface area contributed by atoms with Crippen molar-refractivity contribution in [2.24, 2.45) is 5.73 Å². The third kappa shape index (κ3) is 3.79. The van der Waals surface area contributed by atoms with Crippen molar-refractivity contribution < 1.29 is 9.53 Å². The summed E-state index contributed by atoms with van der Waals surface area (Å²) in [7, 11) is 0. The Labute approximate surface area is 131 Å². The number of aryl methyl sites for hydroxylation is 1. The maximum atomic E-state index is 12.0. The SMILES string of the molecule is CCCCOc1cc(C)ccc1N(C(N)=O)c1ccccc1. The van der Waals surface area contributed by atoms with Gasteiger partial charge in [0.2, 0.25) is 0 Å². The van der Waals surface area contributed by atoms with E-state index in [2.05, 4.69) is 6.92 Å². The van der Waals surface area contributed by atoms with Gasteiger partial charge >= 0.3 is 6.03 Å². The fourth-order valence-electron chi connectivity index (χ4n) is 2.21. The number of nitrogens with two attached hydrogens (primary N) is 1.